The van der Waals surface area contributed by atoms with Crippen LogP contribution in [0.25, 0.3) is 22.2 Å². The van der Waals surface area contributed by atoms with Gasteiger partial charge < -0.3 is 9.64 Å². The first-order valence-corrected chi connectivity index (χ1v) is 11.6. The summed E-state index contributed by atoms with van der Waals surface area (Å²) in [6.07, 6.45) is 0.549. The molecule has 1 aromatic heterocycles. The Hall–Kier alpha value is -3.02. The summed E-state index contributed by atoms with van der Waals surface area (Å²) in [7, 11) is 1.83. The first kappa shape index (κ1) is 23.1. The molecule has 2 heterocycles. The van der Waals surface area contributed by atoms with Crippen LogP contribution < -0.4 is 5.69 Å². The van der Waals surface area contributed by atoms with Crippen molar-refractivity contribution in [2.45, 2.75) is 66.7 Å². The summed E-state index contributed by atoms with van der Waals surface area (Å²) >= 11 is 0. The van der Waals surface area contributed by atoms with E-state index >= 15 is 0 Å². The molecule has 1 aliphatic rings. The maximum Gasteiger partial charge on any atom is 0.410 e. The van der Waals surface area contributed by atoms with Crippen LogP contribution >= 0.6 is 0 Å². The minimum Gasteiger partial charge on any atom is -0.444 e. The summed E-state index contributed by atoms with van der Waals surface area (Å²) < 4.78 is 9.16. The summed E-state index contributed by atoms with van der Waals surface area (Å²) in [5.74, 6) is 0. The predicted octanol–water partition coefficient (Wildman–Crippen LogP) is 5.35. The van der Waals surface area contributed by atoms with E-state index in [2.05, 4.69) is 51.1 Å². The topological polar surface area (TPSA) is 56.5 Å². The molecule has 0 saturated carbocycles. The summed E-state index contributed by atoms with van der Waals surface area (Å²) in [6, 6.07) is 12.7. The van der Waals surface area contributed by atoms with Crippen LogP contribution in [0.15, 0.2) is 41.2 Å². The molecule has 176 valence electrons. The lowest BCUT2D eigenvalue weighted by atomic mass is 9.94. The Morgan fingerprint density at radius 2 is 1.61 bits per heavy atom. The molecular formula is C27H35N3O3. The van der Waals surface area contributed by atoms with E-state index in [1.807, 2.05) is 38.5 Å². The van der Waals surface area contributed by atoms with Gasteiger partial charge in [-0.2, -0.15) is 0 Å². The van der Waals surface area contributed by atoms with E-state index in [1.165, 1.54) is 5.56 Å². The molecule has 1 aliphatic heterocycles. The van der Waals surface area contributed by atoms with Crippen molar-refractivity contribution in [2.75, 3.05) is 6.54 Å². The highest BCUT2D eigenvalue weighted by molar-refractivity contribution is 5.83. The van der Waals surface area contributed by atoms with Gasteiger partial charge in [-0.1, -0.05) is 39.0 Å². The molecule has 33 heavy (non-hydrogen) atoms. The number of aromatic nitrogens is 2. The highest BCUT2D eigenvalue weighted by Crippen LogP contribution is 2.30. The van der Waals surface area contributed by atoms with Crippen molar-refractivity contribution in [1.29, 1.82) is 0 Å². The highest BCUT2D eigenvalue weighted by Gasteiger charge is 2.26. The molecular weight excluding hydrogens is 414 g/mol. The third-order valence-electron chi connectivity index (χ3n) is 5.98. The van der Waals surface area contributed by atoms with E-state index in [9.17, 15) is 9.59 Å². The van der Waals surface area contributed by atoms with E-state index < -0.39 is 5.60 Å². The molecule has 0 unspecified atom stereocenters. The number of rotatable bonds is 2. The fourth-order valence-electron chi connectivity index (χ4n) is 4.43. The standard InChI is InChI=1S/C27H35N3O3/c1-26(2,3)17-30-22-11-10-20(15-23(22)28(7)24(30)31)19-9-8-18-12-13-29(16-21(18)14-19)25(32)33-27(4,5)6/h8-11,14-15H,12-13,16-17H2,1-7H3. The van der Waals surface area contributed by atoms with Crippen LogP contribution in [0.3, 0.4) is 0 Å². The second-order valence-corrected chi connectivity index (χ2v) is 11.3. The lowest BCUT2D eigenvalue weighted by Gasteiger charge is -2.31. The van der Waals surface area contributed by atoms with Gasteiger partial charge in [0.25, 0.3) is 0 Å². The molecule has 0 atom stereocenters. The van der Waals surface area contributed by atoms with Crippen LogP contribution in [-0.4, -0.2) is 32.3 Å². The summed E-state index contributed by atoms with van der Waals surface area (Å²) in [5, 5.41) is 0. The van der Waals surface area contributed by atoms with Gasteiger partial charge in [0.1, 0.15) is 5.60 Å². The number of fused-ring (bicyclic) bond motifs is 2. The second-order valence-electron chi connectivity index (χ2n) is 11.3. The minimum absolute atomic E-state index is 0.00921. The number of hydrogen-bond donors (Lipinski definition) is 0. The number of amides is 1. The summed E-state index contributed by atoms with van der Waals surface area (Å²) in [4.78, 5) is 27.2. The maximum atomic E-state index is 12.9. The van der Waals surface area contributed by atoms with Crippen molar-refractivity contribution in [3.63, 3.8) is 0 Å². The van der Waals surface area contributed by atoms with E-state index in [0.717, 1.165) is 34.1 Å². The van der Waals surface area contributed by atoms with Crippen LogP contribution in [-0.2, 0) is 31.3 Å². The summed E-state index contributed by atoms with van der Waals surface area (Å²) in [5.41, 5.74) is 5.94. The van der Waals surface area contributed by atoms with Crippen molar-refractivity contribution in [2.24, 2.45) is 12.5 Å². The van der Waals surface area contributed by atoms with Gasteiger partial charge in [0.2, 0.25) is 0 Å². The van der Waals surface area contributed by atoms with Gasteiger partial charge in [0.05, 0.1) is 11.0 Å². The number of hydrogen-bond acceptors (Lipinski definition) is 3. The number of imidazole rings is 1. The SMILES string of the molecule is Cn1c(=O)n(CC(C)(C)C)c2ccc(-c3ccc4c(c3)CN(C(=O)OC(C)(C)C)CC4)cc21. The zero-order valence-electron chi connectivity index (χ0n) is 20.9. The van der Waals surface area contributed by atoms with Gasteiger partial charge in [0, 0.05) is 26.7 Å². The van der Waals surface area contributed by atoms with Crippen LogP contribution in [0.4, 0.5) is 4.79 Å². The maximum absolute atomic E-state index is 12.9. The first-order chi connectivity index (χ1) is 15.3. The lowest BCUT2D eigenvalue weighted by Crippen LogP contribution is -2.39. The molecule has 3 aromatic rings. The molecule has 0 bridgehead atoms. The molecule has 0 aliphatic carbocycles. The van der Waals surface area contributed by atoms with E-state index in [4.69, 9.17) is 4.74 Å². The van der Waals surface area contributed by atoms with Crippen molar-refractivity contribution in [1.82, 2.24) is 14.0 Å². The summed E-state index contributed by atoms with van der Waals surface area (Å²) in [6.45, 7) is 14.0. The molecule has 0 fully saturated rings. The Kier molecular flexibility index (Phi) is 5.67. The van der Waals surface area contributed by atoms with E-state index in [1.54, 1.807) is 9.47 Å². The van der Waals surface area contributed by atoms with Crippen molar-refractivity contribution in [3.8, 4) is 11.1 Å². The normalized spacial score (nSPS) is 14.5. The molecule has 4 rings (SSSR count). The average Bonchev–Trinajstić information content (AvgIpc) is 2.95. The number of carbonyl (C=O) groups excluding carboxylic acids is 1. The third-order valence-corrected chi connectivity index (χ3v) is 5.98. The number of nitrogens with zero attached hydrogens (tertiary/aromatic N) is 3. The Morgan fingerprint density at radius 3 is 2.27 bits per heavy atom. The molecule has 0 spiro atoms. The zero-order valence-corrected chi connectivity index (χ0v) is 20.9. The van der Waals surface area contributed by atoms with Gasteiger partial charge in [-0.15, -0.1) is 0 Å². The van der Waals surface area contributed by atoms with Gasteiger partial charge in [-0.25, -0.2) is 9.59 Å². The van der Waals surface area contributed by atoms with Crippen LogP contribution in [0, 0.1) is 5.41 Å². The molecule has 1 amide bonds. The monoisotopic (exact) mass is 449 g/mol. The predicted molar refractivity (Wildman–Crippen MR) is 132 cm³/mol. The Balaban J connectivity index is 1.66. The Morgan fingerprint density at radius 1 is 0.939 bits per heavy atom. The molecule has 0 N–H and O–H groups in total. The quantitative estimate of drug-likeness (QED) is 0.530. The highest BCUT2D eigenvalue weighted by atomic mass is 16.6. The average molecular weight is 450 g/mol. The van der Waals surface area contributed by atoms with E-state index in [0.29, 0.717) is 19.6 Å². The van der Waals surface area contributed by atoms with Crippen LogP contribution in [0.1, 0.15) is 52.7 Å². The number of ether oxygens (including phenoxy) is 1. The Bertz CT molecular complexity index is 1270. The molecule has 2 aromatic carbocycles. The van der Waals surface area contributed by atoms with Crippen molar-refractivity contribution < 1.29 is 9.53 Å². The van der Waals surface area contributed by atoms with Gasteiger partial charge in [0.15, 0.2) is 0 Å². The smallest absolute Gasteiger partial charge is 0.410 e. The number of carbonyl (C=O) groups is 1. The molecule has 6 nitrogen and oxygen atoms in total. The second kappa shape index (κ2) is 8.08. The third kappa shape index (κ3) is 4.85. The lowest BCUT2D eigenvalue weighted by molar-refractivity contribution is 0.0224. The zero-order chi connectivity index (χ0) is 24.1. The first-order valence-electron chi connectivity index (χ1n) is 11.6. The molecule has 6 heteroatoms. The molecule has 0 radical (unpaired) electrons. The number of aryl methyl sites for hydroxylation is 1. The van der Waals surface area contributed by atoms with Crippen LogP contribution in [0.2, 0.25) is 0 Å². The number of benzene rings is 2. The fraction of sp³-hybridized carbons (Fsp3) is 0.481. The molecule has 0 saturated heterocycles. The van der Waals surface area contributed by atoms with E-state index in [-0.39, 0.29) is 17.2 Å². The Labute approximate surface area is 195 Å². The van der Waals surface area contributed by atoms with Gasteiger partial charge >= 0.3 is 11.8 Å². The van der Waals surface area contributed by atoms with Gasteiger partial charge in [-0.3, -0.25) is 9.13 Å². The largest absolute Gasteiger partial charge is 0.444 e. The van der Waals surface area contributed by atoms with Gasteiger partial charge in [-0.05, 0) is 73.1 Å². The van der Waals surface area contributed by atoms with Crippen LogP contribution in [0.5, 0.6) is 0 Å². The van der Waals surface area contributed by atoms with Crippen molar-refractivity contribution in [3.05, 3.63) is 58.0 Å². The fourth-order valence-corrected chi connectivity index (χ4v) is 4.43. The van der Waals surface area contributed by atoms with Crippen molar-refractivity contribution >= 4 is 17.1 Å². The minimum atomic E-state index is -0.506.